The van der Waals surface area contributed by atoms with E-state index in [2.05, 4.69) is 15.6 Å². The van der Waals surface area contributed by atoms with Gasteiger partial charge >= 0.3 is 0 Å². The van der Waals surface area contributed by atoms with Gasteiger partial charge in [0, 0.05) is 5.02 Å². The van der Waals surface area contributed by atoms with Crippen LogP contribution in [0.5, 0.6) is 0 Å². The van der Waals surface area contributed by atoms with E-state index in [1.165, 1.54) is 0 Å². The molecule has 0 spiro atoms. The molecule has 3 aromatic rings. The number of aromatic nitrogens is 2. The predicted molar refractivity (Wildman–Crippen MR) is 84.6 cm³/mol. The molecule has 2 aromatic carbocycles. The standard InChI is InChI=1S/C16H14Cl2N2/c1-11(17)16-19-14-8-4-5-9-15(14)20(16)10-12-6-2-3-7-13(12)18/h2-9,11H,10H2,1H3. The molecule has 0 saturated carbocycles. The number of alkyl halides is 1. The number of hydrogen-bond acceptors (Lipinski definition) is 1. The predicted octanol–water partition coefficient (Wildman–Crippen LogP) is 5.04. The Kier molecular flexibility index (Phi) is 3.68. The number of nitrogens with zero attached hydrogens (tertiary/aromatic N) is 2. The van der Waals surface area contributed by atoms with Gasteiger partial charge in [-0.25, -0.2) is 4.98 Å². The van der Waals surface area contributed by atoms with E-state index in [9.17, 15) is 0 Å². The molecule has 2 nitrogen and oxygen atoms in total. The molecule has 0 N–H and O–H groups in total. The average molecular weight is 305 g/mol. The summed E-state index contributed by atoms with van der Waals surface area (Å²) < 4.78 is 2.13. The number of para-hydroxylation sites is 2. The van der Waals surface area contributed by atoms with Crippen molar-refractivity contribution in [2.24, 2.45) is 0 Å². The zero-order chi connectivity index (χ0) is 14.1. The normalized spacial score (nSPS) is 12.8. The third-order valence-corrected chi connectivity index (χ3v) is 3.89. The molecule has 1 aromatic heterocycles. The van der Waals surface area contributed by atoms with Crippen LogP contribution in [0.4, 0.5) is 0 Å². The molecule has 0 bridgehead atoms. The second kappa shape index (κ2) is 5.47. The van der Waals surface area contributed by atoms with Crippen molar-refractivity contribution in [2.75, 3.05) is 0 Å². The summed E-state index contributed by atoms with van der Waals surface area (Å²) >= 11 is 12.5. The number of fused-ring (bicyclic) bond motifs is 1. The first kappa shape index (κ1) is 13.5. The van der Waals surface area contributed by atoms with Crippen molar-refractivity contribution in [3.63, 3.8) is 0 Å². The van der Waals surface area contributed by atoms with Gasteiger partial charge in [-0.1, -0.05) is 41.9 Å². The molecule has 0 amide bonds. The number of imidazole rings is 1. The summed E-state index contributed by atoms with van der Waals surface area (Å²) in [6.45, 7) is 2.61. The molecule has 0 aliphatic rings. The minimum atomic E-state index is -0.148. The molecule has 20 heavy (non-hydrogen) atoms. The molecule has 0 saturated heterocycles. The van der Waals surface area contributed by atoms with Gasteiger partial charge in [-0.2, -0.15) is 0 Å². The fourth-order valence-corrected chi connectivity index (χ4v) is 2.72. The molecule has 3 rings (SSSR count). The van der Waals surface area contributed by atoms with E-state index in [0.717, 1.165) is 27.4 Å². The minimum absolute atomic E-state index is 0.148. The highest BCUT2D eigenvalue weighted by atomic mass is 35.5. The van der Waals surface area contributed by atoms with E-state index in [-0.39, 0.29) is 5.38 Å². The summed E-state index contributed by atoms with van der Waals surface area (Å²) in [5, 5.41) is 0.614. The van der Waals surface area contributed by atoms with E-state index in [1.54, 1.807) is 0 Å². The lowest BCUT2D eigenvalue weighted by Gasteiger charge is -2.11. The van der Waals surface area contributed by atoms with Gasteiger partial charge in [-0.05, 0) is 30.7 Å². The van der Waals surface area contributed by atoms with Gasteiger partial charge in [0.2, 0.25) is 0 Å². The Morgan fingerprint density at radius 2 is 1.80 bits per heavy atom. The molecule has 0 fully saturated rings. The molecule has 0 aliphatic carbocycles. The van der Waals surface area contributed by atoms with Gasteiger partial charge in [0.25, 0.3) is 0 Å². The molecule has 1 atom stereocenters. The topological polar surface area (TPSA) is 17.8 Å². The number of halogens is 2. The Hall–Kier alpha value is -1.51. The second-order valence-electron chi connectivity index (χ2n) is 4.75. The Labute approximate surface area is 128 Å². The lowest BCUT2D eigenvalue weighted by molar-refractivity contribution is 0.743. The van der Waals surface area contributed by atoms with Gasteiger partial charge in [0.15, 0.2) is 0 Å². The first-order valence-corrected chi connectivity index (χ1v) is 7.31. The van der Waals surface area contributed by atoms with Crippen LogP contribution >= 0.6 is 23.2 Å². The highest BCUT2D eigenvalue weighted by Gasteiger charge is 2.15. The van der Waals surface area contributed by atoms with E-state index < -0.39 is 0 Å². The molecule has 4 heteroatoms. The van der Waals surface area contributed by atoms with Gasteiger partial charge in [-0.3, -0.25) is 0 Å². The number of hydrogen-bond donors (Lipinski definition) is 0. The highest BCUT2D eigenvalue weighted by molar-refractivity contribution is 6.31. The Bertz CT molecular complexity index is 747. The van der Waals surface area contributed by atoms with E-state index in [0.29, 0.717) is 6.54 Å². The van der Waals surface area contributed by atoms with Gasteiger partial charge in [0.05, 0.1) is 23.0 Å². The van der Waals surface area contributed by atoms with Crippen LogP contribution in [0.1, 0.15) is 23.7 Å². The summed E-state index contributed by atoms with van der Waals surface area (Å²) in [7, 11) is 0. The second-order valence-corrected chi connectivity index (χ2v) is 5.81. The maximum atomic E-state index is 6.27. The van der Waals surface area contributed by atoms with Crippen LogP contribution in [0, 0.1) is 0 Å². The lowest BCUT2D eigenvalue weighted by atomic mass is 10.2. The third kappa shape index (κ3) is 2.41. The molecule has 1 heterocycles. The summed E-state index contributed by atoms with van der Waals surface area (Å²) in [6, 6.07) is 15.9. The smallest absolute Gasteiger partial charge is 0.128 e. The summed E-state index contributed by atoms with van der Waals surface area (Å²) in [4.78, 5) is 4.63. The molecule has 0 radical (unpaired) electrons. The lowest BCUT2D eigenvalue weighted by Crippen LogP contribution is -2.06. The number of benzene rings is 2. The van der Waals surface area contributed by atoms with Gasteiger partial charge in [-0.15, -0.1) is 11.6 Å². The quantitative estimate of drug-likeness (QED) is 0.620. The highest BCUT2D eigenvalue weighted by Crippen LogP contribution is 2.26. The van der Waals surface area contributed by atoms with E-state index >= 15 is 0 Å². The third-order valence-electron chi connectivity index (χ3n) is 3.33. The minimum Gasteiger partial charge on any atom is -0.322 e. The van der Waals surface area contributed by atoms with Gasteiger partial charge < -0.3 is 4.57 Å². The van der Waals surface area contributed by atoms with Crippen LogP contribution in [0.15, 0.2) is 48.5 Å². The molecular weight excluding hydrogens is 291 g/mol. The van der Waals surface area contributed by atoms with Crippen LogP contribution < -0.4 is 0 Å². The Morgan fingerprint density at radius 3 is 2.55 bits per heavy atom. The molecule has 0 aliphatic heterocycles. The van der Waals surface area contributed by atoms with Crippen molar-refractivity contribution in [3.05, 3.63) is 64.9 Å². The van der Waals surface area contributed by atoms with E-state index in [1.807, 2.05) is 49.4 Å². The van der Waals surface area contributed by atoms with Crippen LogP contribution in [-0.2, 0) is 6.54 Å². The van der Waals surface area contributed by atoms with Crippen molar-refractivity contribution in [2.45, 2.75) is 18.8 Å². The largest absolute Gasteiger partial charge is 0.322 e. The average Bonchev–Trinajstić information content (AvgIpc) is 2.81. The first-order chi connectivity index (χ1) is 9.66. The maximum absolute atomic E-state index is 6.27. The van der Waals surface area contributed by atoms with E-state index in [4.69, 9.17) is 23.2 Å². The molecule has 102 valence electrons. The van der Waals surface area contributed by atoms with Crippen molar-refractivity contribution in [1.82, 2.24) is 9.55 Å². The Balaban J connectivity index is 2.14. The first-order valence-electron chi connectivity index (χ1n) is 6.49. The Morgan fingerprint density at radius 1 is 1.10 bits per heavy atom. The monoisotopic (exact) mass is 304 g/mol. The fraction of sp³-hybridized carbons (Fsp3) is 0.188. The number of rotatable bonds is 3. The SMILES string of the molecule is CC(Cl)c1nc2ccccc2n1Cc1ccccc1Cl. The fourth-order valence-electron chi connectivity index (χ4n) is 2.36. The summed E-state index contributed by atoms with van der Waals surface area (Å²) in [6.07, 6.45) is 0. The maximum Gasteiger partial charge on any atom is 0.128 e. The van der Waals surface area contributed by atoms with Crippen molar-refractivity contribution in [3.8, 4) is 0 Å². The molecule has 1 unspecified atom stereocenters. The summed E-state index contributed by atoms with van der Waals surface area (Å²) in [5.74, 6) is 0.868. The summed E-state index contributed by atoms with van der Waals surface area (Å²) in [5.41, 5.74) is 3.10. The van der Waals surface area contributed by atoms with Gasteiger partial charge in [0.1, 0.15) is 5.82 Å². The van der Waals surface area contributed by atoms with Crippen molar-refractivity contribution >= 4 is 34.2 Å². The zero-order valence-electron chi connectivity index (χ0n) is 11.1. The van der Waals surface area contributed by atoms with Crippen LogP contribution in [0.3, 0.4) is 0 Å². The zero-order valence-corrected chi connectivity index (χ0v) is 12.6. The molecular formula is C16H14Cl2N2. The van der Waals surface area contributed by atoms with Crippen LogP contribution in [0.2, 0.25) is 5.02 Å². The van der Waals surface area contributed by atoms with Crippen LogP contribution in [-0.4, -0.2) is 9.55 Å². The van der Waals surface area contributed by atoms with Crippen LogP contribution in [0.25, 0.3) is 11.0 Å². The van der Waals surface area contributed by atoms with Crippen molar-refractivity contribution in [1.29, 1.82) is 0 Å². The van der Waals surface area contributed by atoms with Crippen molar-refractivity contribution < 1.29 is 0 Å².